The van der Waals surface area contributed by atoms with Gasteiger partial charge in [0, 0.05) is 31.0 Å². The van der Waals surface area contributed by atoms with E-state index in [1.807, 2.05) is 50.2 Å². The van der Waals surface area contributed by atoms with Gasteiger partial charge in [0.25, 0.3) is 5.91 Å². The van der Waals surface area contributed by atoms with Crippen LogP contribution in [-0.2, 0) is 0 Å². The number of nitriles is 1. The summed E-state index contributed by atoms with van der Waals surface area (Å²) in [7, 11) is 3.93. The molecule has 2 rings (SSSR count). The van der Waals surface area contributed by atoms with E-state index in [-0.39, 0.29) is 5.91 Å². The first-order valence-electron chi connectivity index (χ1n) is 6.61. The monoisotopic (exact) mass is 279 g/mol. The predicted octanol–water partition coefficient (Wildman–Crippen LogP) is 3.19. The van der Waals surface area contributed by atoms with E-state index in [1.165, 1.54) is 0 Å². The summed E-state index contributed by atoms with van der Waals surface area (Å²) in [5.41, 5.74) is 3.88. The number of nitrogens with one attached hydrogen (secondary N) is 1. The highest BCUT2D eigenvalue weighted by Crippen LogP contribution is 2.23. The van der Waals surface area contributed by atoms with E-state index in [1.54, 1.807) is 24.3 Å². The summed E-state index contributed by atoms with van der Waals surface area (Å²) in [4.78, 5) is 14.2. The average Bonchev–Trinajstić information content (AvgIpc) is 2.49. The summed E-state index contributed by atoms with van der Waals surface area (Å²) < 4.78 is 0. The Labute approximate surface area is 124 Å². The quantitative estimate of drug-likeness (QED) is 0.938. The highest BCUT2D eigenvalue weighted by Gasteiger charge is 2.08. The molecule has 0 saturated heterocycles. The van der Waals surface area contributed by atoms with Crippen LogP contribution in [0.25, 0.3) is 0 Å². The minimum atomic E-state index is -0.222. The third kappa shape index (κ3) is 3.40. The van der Waals surface area contributed by atoms with Crippen molar-refractivity contribution in [3.8, 4) is 6.07 Å². The van der Waals surface area contributed by atoms with Crippen LogP contribution < -0.4 is 10.2 Å². The van der Waals surface area contributed by atoms with Crippen molar-refractivity contribution in [3.05, 3.63) is 59.2 Å². The number of hydrogen-bond acceptors (Lipinski definition) is 3. The molecule has 0 fully saturated rings. The molecule has 4 nitrogen and oxygen atoms in total. The molecule has 0 radical (unpaired) electrons. The molecule has 4 heteroatoms. The minimum absolute atomic E-state index is 0.222. The molecule has 0 spiro atoms. The molecular weight excluding hydrogens is 262 g/mol. The first-order valence-corrected chi connectivity index (χ1v) is 6.61. The molecule has 0 unspecified atom stereocenters. The van der Waals surface area contributed by atoms with Crippen molar-refractivity contribution >= 4 is 17.3 Å². The Kier molecular flexibility index (Phi) is 4.24. The smallest absolute Gasteiger partial charge is 0.255 e. The van der Waals surface area contributed by atoms with Crippen LogP contribution in [0.15, 0.2) is 42.5 Å². The SMILES string of the molecule is Cc1ccc(NC(=O)c2cccc(C#N)c2)cc1N(C)C. The van der Waals surface area contributed by atoms with Crippen molar-refractivity contribution in [2.45, 2.75) is 6.92 Å². The molecule has 0 saturated carbocycles. The molecule has 2 aromatic carbocycles. The Balaban J connectivity index is 2.23. The second kappa shape index (κ2) is 6.10. The van der Waals surface area contributed by atoms with Crippen LogP contribution in [0, 0.1) is 18.3 Å². The lowest BCUT2D eigenvalue weighted by Gasteiger charge is -2.17. The Morgan fingerprint density at radius 1 is 1.19 bits per heavy atom. The van der Waals surface area contributed by atoms with Crippen molar-refractivity contribution in [3.63, 3.8) is 0 Å². The average molecular weight is 279 g/mol. The molecule has 2 aromatic rings. The number of benzene rings is 2. The molecular formula is C17H17N3O. The van der Waals surface area contributed by atoms with Crippen LogP contribution in [0.4, 0.5) is 11.4 Å². The van der Waals surface area contributed by atoms with Gasteiger partial charge in [-0.2, -0.15) is 5.26 Å². The standard InChI is InChI=1S/C17H17N3O/c1-12-7-8-15(10-16(12)20(2)3)19-17(21)14-6-4-5-13(9-14)11-18/h4-10H,1-3H3,(H,19,21). The lowest BCUT2D eigenvalue weighted by molar-refractivity contribution is 0.102. The van der Waals surface area contributed by atoms with E-state index >= 15 is 0 Å². The Hall–Kier alpha value is -2.80. The molecule has 0 bridgehead atoms. The van der Waals surface area contributed by atoms with Crippen molar-refractivity contribution in [1.29, 1.82) is 5.26 Å². The van der Waals surface area contributed by atoms with Gasteiger partial charge in [-0.3, -0.25) is 4.79 Å². The molecule has 21 heavy (non-hydrogen) atoms. The van der Waals surface area contributed by atoms with Gasteiger partial charge < -0.3 is 10.2 Å². The maximum atomic E-state index is 12.2. The second-order valence-corrected chi connectivity index (χ2v) is 5.04. The van der Waals surface area contributed by atoms with E-state index in [9.17, 15) is 4.79 Å². The van der Waals surface area contributed by atoms with Crippen LogP contribution >= 0.6 is 0 Å². The third-order valence-corrected chi connectivity index (χ3v) is 3.20. The van der Waals surface area contributed by atoms with Crippen LogP contribution in [0.1, 0.15) is 21.5 Å². The van der Waals surface area contributed by atoms with Crippen molar-refractivity contribution in [2.75, 3.05) is 24.3 Å². The summed E-state index contributed by atoms with van der Waals surface area (Å²) in [5.74, 6) is -0.222. The molecule has 1 amide bonds. The summed E-state index contributed by atoms with van der Waals surface area (Å²) >= 11 is 0. The normalized spacial score (nSPS) is 9.81. The second-order valence-electron chi connectivity index (χ2n) is 5.04. The van der Waals surface area contributed by atoms with Gasteiger partial charge in [-0.25, -0.2) is 0 Å². The first kappa shape index (κ1) is 14.6. The summed E-state index contributed by atoms with van der Waals surface area (Å²) in [6.07, 6.45) is 0. The largest absolute Gasteiger partial charge is 0.377 e. The fourth-order valence-corrected chi connectivity index (χ4v) is 2.10. The first-order chi connectivity index (χ1) is 10.0. The molecule has 0 aliphatic carbocycles. The van der Waals surface area contributed by atoms with Gasteiger partial charge in [-0.05, 0) is 42.8 Å². The predicted molar refractivity (Wildman–Crippen MR) is 84.6 cm³/mol. The maximum absolute atomic E-state index is 12.2. The molecule has 0 aliphatic rings. The van der Waals surface area contributed by atoms with E-state index in [4.69, 9.17) is 5.26 Å². The van der Waals surface area contributed by atoms with Crippen molar-refractivity contribution in [2.24, 2.45) is 0 Å². The van der Waals surface area contributed by atoms with Gasteiger partial charge in [0.2, 0.25) is 0 Å². The van der Waals surface area contributed by atoms with Crippen LogP contribution in [0.2, 0.25) is 0 Å². The van der Waals surface area contributed by atoms with E-state index in [2.05, 4.69) is 5.32 Å². The van der Waals surface area contributed by atoms with Crippen molar-refractivity contribution in [1.82, 2.24) is 0 Å². The molecule has 0 aromatic heterocycles. The molecule has 1 N–H and O–H groups in total. The fraction of sp³-hybridized carbons (Fsp3) is 0.176. The van der Waals surface area contributed by atoms with Crippen LogP contribution in [0.3, 0.4) is 0 Å². The van der Waals surface area contributed by atoms with E-state index in [0.717, 1.165) is 16.9 Å². The minimum Gasteiger partial charge on any atom is -0.377 e. The lowest BCUT2D eigenvalue weighted by atomic mass is 10.1. The summed E-state index contributed by atoms with van der Waals surface area (Å²) in [6, 6.07) is 14.4. The van der Waals surface area contributed by atoms with Crippen molar-refractivity contribution < 1.29 is 4.79 Å². The summed E-state index contributed by atoms with van der Waals surface area (Å²) in [6.45, 7) is 2.03. The Bertz CT molecular complexity index is 714. The maximum Gasteiger partial charge on any atom is 0.255 e. The number of carbonyl (C=O) groups excluding carboxylic acids is 1. The van der Waals surface area contributed by atoms with Gasteiger partial charge in [0.1, 0.15) is 0 Å². The molecule has 0 atom stereocenters. The number of rotatable bonds is 3. The van der Waals surface area contributed by atoms with Gasteiger partial charge in [0.05, 0.1) is 11.6 Å². The van der Waals surface area contributed by atoms with Gasteiger partial charge in [-0.15, -0.1) is 0 Å². The number of hydrogen-bond donors (Lipinski definition) is 1. The lowest BCUT2D eigenvalue weighted by Crippen LogP contribution is -2.14. The fourth-order valence-electron chi connectivity index (χ4n) is 2.10. The Morgan fingerprint density at radius 2 is 1.95 bits per heavy atom. The molecule has 106 valence electrons. The molecule has 0 aliphatic heterocycles. The summed E-state index contributed by atoms with van der Waals surface area (Å²) in [5, 5.41) is 11.7. The Morgan fingerprint density at radius 3 is 2.62 bits per heavy atom. The topological polar surface area (TPSA) is 56.1 Å². The van der Waals surface area contributed by atoms with Crippen LogP contribution in [-0.4, -0.2) is 20.0 Å². The number of carbonyl (C=O) groups is 1. The number of anilines is 2. The van der Waals surface area contributed by atoms with Gasteiger partial charge in [-0.1, -0.05) is 12.1 Å². The zero-order chi connectivity index (χ0) is 15.4. The number of amides is 1. The third-order valence-electron chi connectivity index (χ3n) is 3.20. The highest BCUT2D eigenvalue weighted by atomic mass is 16.1. The van der Waals surface area contributed by atoms with Gasteiger partial charge in [0.15, 0.2) is 0 Å². The van der Waals surface area contributed by atoms with E-state index in [0.29, 0.717) is 11.1 Å². The van der Waals surface area contributed by atoms with Crippen LogP contribution in [0.5, 0.6) is 0 Å². The number of nitrogens with zero attached hydrogens (tertiary/aromatic N) is 2. The number of aryl methyl sites for hydroxylation is 1. The zero-order valence-electron chi connectivity index (χ0n) is 12.3. The highest BCUT2D eigenvalue weighted by molar-refractivity contribution is 6.04. The van der Waals surface area contributed by atoms with Gasteiger partial charge >= 0.3 is 0 Å². The molecule has 0 heterocycles. The van der Waals surface area contributed by atoms with E-state index < -0.39 is 0 Å². The zero-order valence-corrected chi connectivity index (χ0v) is 12.3.